The summed E-state index contributed by atoms with van der Waals surface area (Å²) < 4.78 is 5.21. The molecule has 0 radical (unpaired) electrons. The molecule has 1 aliphatic rings. The molecule has 1 atom stereocenters. The van der Waals surface area contributed by atoms with Gasteiger partial charge in [-0.25, -0.2) is 0 Å². The SMILES string of the molecule is CN(Cc1cccc(C#N)c1)C(=O)C1CCCCN1C(=O)c1ccco1. The first kappa shape index (κ1) is 17.7. The fourth-order valence-electron chi connectivity index (χ4n) is 3.32. The quantitative estimate of drug-likeness (QED) is 0.848. The molecule has 134 valence electrons. The van der Waals surface area contributed by atoms with Crippen LogP contribution in [-0.2, 0) is 11.3 Å². The van der Waals surface area contributed by atoms with Gasteiger partial charge >= 0.3 is 0 Å². The van der Waals surface area contributed by atoms with Gasteiger partial charge in [0.25, 0.3) is 5.91 Å². The van der Waals surface area contributed by atoms with E-state index in [9.17, 15) is 9.59 Å². The van der Waals surface area contributed by atoms with E-state index in [4.69, 9.17) is 9.68 Å². The van der Waals surface area contributed by atoms with E-state index in [1.165, 1.54) is 6.26 Å². The molecule has 1 aromatic heterocycles. The molecule has 6 nitrogen and oxygen atoms in total. The molecule has 1 unspecified atom stereocenters. The van der Waals surface area contributed by atoms with Crippen LogP contribution in [0.5, 0.6) is 0 Å². The number of furan rings is 1. The average Bonchev–Trinajstić information content (AvgIpc) is 3.21. The molecule has 1 aromatic carbocycles. The van der Waals surface area contributed by atoms with Crippen molar-refractivity contribution in [2.75, 3.05) is 13.6 Å². The van der Waals surface area contributed by atoms with Gasteiger partial charge < -0.3 is 14.2 Å². The lowest BCUT2D eigenvalue weighted by atomic mass is 10.00. The van der Waals surface area contributed by atoms with Gasteiger partial charge in [0.1, 0.15) is 6.04 Å². The molecule has 1 fully saturated rings. The standard InChI is InChI=1S/C20H21N3O3/c1-22(14-16-7-4-6-15(12-16)13-21)19(24)17-8-2-3-10-23(17)20(25)18-9-5-11-26-18/h4-7,9,11-12,17H,2-3,8,10,14H2,1H3. The zero-order chi connectivity index (χ0) is 18.5. The van der Waals surface area contributed by atoms with Crippen molar-refractivity contribution in [3.63, 3.8) is 0 Å². The molecule has 0 bridgehead atoms. The van der Waals surface area contributed by atoms with Gasteiger partial charge in [0.05, 0.1) is 17.9 Å². The Morgan fingerprint density at radius 2 is 2.15 bits per heavy atom. The number of carbonyl (C=O) groups is 2. The molecule has 26 heavy (non-hydrogen) atoms. The second kappa shape index (κ2) is 7.87. The Morgan fingerprint density at radius 3 is 2.88 bits per heavy atom. The van der Waals surface area contributed by atoms with Crippen molar-refractivity contribution in [3.8, 4) is 6.07 Å². The van der Waals surface area contributed by atoms with Crippen LogP contribution >= 0.6 is 0 Å². The van der Waals surface area contributed by atoms with E-state index in [1.54, 1.807) is 47.2 Å². The Hall–Kier alpha value is -3.07. The Balaban J connectivity index is 1.73. The first-order valence-corrected chi connectivity index (χ1v) is 8.68. The van der Waals surface area contributed by atoms with Gasteiger partial charge in [-0.1, -0.05) is 12.1 Å². The lowest BCUT2D eigenvalue weighted by Crippen LogP contribution is -2.52. The van der Waals surface area contributed by atoms with Crippen LogP contribution in [0.25, 0.3) is 0 Å². The minimum atomic E-state index is -0.481. The average molecular weight is 351 g/mol. The highest BCUT2D eigenvalue weighted by Gasteiger charge is 2.35. The molecule has 3 rings (SSSR count). The van der Waals surface area contributed by atoms with Gasteiger partial charge in [-0.15, -0.1) is 0 Å². The third kappa shape index (κ3) is 3.77. The summed E-state index contributed by atoms with van der Waals surface area (Å²) in [5, 5.41) is 9.01. The molecular formula is C20H21N3O3. The molecule has 2 amide bonds. The fourth-order valence-corrected chi connectivity index (χ4v) is 3.32. The molecule has 6 heteroatoms. The van der Waals surface area contributed by atoms with E-state index in [-0.39, 0.29) is 17.6 Å². The lowest BCUT2D eigenvalue weighted by Gasteiger charge is -2.36. The molecule has 0 saturated carbocycles. The molecule has 2 heterocycles. The van der Waals surface area contributed by atoms with E-state index in [0.29, 0.717) is 25.1 Å². The highest BCUT2D eigenvalue weighted by Crippen LogP contribution is 2.22. The minimum absolute atomic E-state index is 0.0908. The summed E-state index contributed by atoms with van der Waals surface area (Å²) in [6.07, 6.45) is 3.90. The first-order chi connectivity index (χ1) is 12.6. The number of rotatable bonds is 4. The third-order valence-corrected chi connectivity index (χ3v) is 4.63. The van der Waals surface area contributed by atoms with Crippen LogP contribution in [0.15, 0.2) is 47.1 Å². The van der Waals surface area contributed by atoms with E-state index < -0.39 is 6.04 Å². The summed E-state index contributed by atoms with van der Waals surface area (Å²) in [7, 11) is 1.73. The summed E-state index contributed by atoms with van der Waals surface area (Å²) in [4.78, 5) is 28.9. The zero-order valence-electron chi connectivity index (χ0n) is 14.7. The second-order valence-corrected chi connectivity index (χ2v) is 6.49. The smallest absolute Gasteiger partial charge is 0.290 e. The van der Waals surface area contributed by atoms with Crippen molar-refractivity contribution < 1.29 is 14.0 Å². The summed E-state index contributed by atoms with van der Waals surface area (Å²) in [6.45, 7) is 0.946. The van der Waals surface area contributed by atoms with Crippen molar-refractivity contribution in [1.29, 1.82) is 5.26 Å². The molecule has 0 spiro atoms. The number of carbonyl (C=O) groups excluding carboxylic acids is 2. The maximum atomic E-state index is 13.0. The van der Waals surface area contributed by atoms with Crippen molar-refractivity contribution in [1.82, 2.24) is 9.80 Å². The summed E-state index contributed by atoms with van der Waals surface area (Å²) in [5.41, 5.74) is 1.45. The monoisotopic (exact) mass is 351 g/mol. The largest absolute Gasteiger partial charge is 0.459 e. The van der Waals surface area contributed by atoms with E-state index >= 15 is 0 Å². The number of likely N-dealkylation sites (tertiary alicyclic amines) is 1. The van der Waals surface area contributed by atoms with Crippen molar-refractivity contribution in [2.24, 2.45) is 0 Å². The van der Waals surface area contributed by atoms with Crippen molar-refractivity contribution >= 4 is 11.8 Å². The van der Waals surface area contributed by atoms with E-state index in [2.05, 4.69) is 6.07 Å². The molecule has 0 N–H and O–H groups in total. The number of likely N-dealkylation sites (N-methyl/N-ethyl adjacent to an activating group) is 1. The highest BCUT2D eigenvalue weighted by atomic mass is 16.3. The van der Waals surface area contributed by atoms with Gasteiger partial charge in [0, 0.05) is 20.1 Å². The molecule has 2 aromatic rings. The Kier molecular flexibility index (Phi) is 5.37. The van der Waals surface area contributed by atoms with Crippen LogP contribution in [0.4, 0.5) is 0 Å². The number of amides is 2. The van der Waals surface area contributed by atoms with Crippen LogP contribution in [0.2, 0.25) is 0 Å². The molecular weight excluding hydrogens is 330 g/mol. The highest BCUT2D eigenvalue weighted by molar-refractivity contribution is 5.95. The summed E-state index contributed by atoms with van der Waals surface area (Å²) in [5.74, 6) is -0.0750. The lowest BCUT2D eigenvalue weighted by molar-refractivity contribution is -0.136. The number of nitrogens with zero attached hydrogens (tertiary/aromatic N) is 3. The summed E-state index contributed by atoms with van der Waals surface area (Å²) >= 11 is 0. The minimum Gasteiger partial charge on any atom is -0.459 e. The van der Waals surface area contributed by atoms with Crippen LogP contribution in [-0.4, -0.2) is 41.2 Å². The third-order valence-electron chi connectivity index (χ3n) is 4.63. The summed E-state index contributed by atoms with van der Waals surface area (Å²) in [6, 6.07) is 12.1. The van der Waals surface area contributed by atoms with Crippen LogP contribution in [0.3, 0.4) is 0 Å². The Morgan fingerprint density at radius 1 is 1.31 bits per heavy atom. The fraction of sp³-hybridized carbons (Fsp3) is 0.350. The van der Waals surface area contributed by atoms with Gasteiger partial charge in [0.15, 0.2) is 5.76 Å². The first-order valence-electron chi connectivity index (χ1n) is 8.68. The van der Waals surface area contributed by atoms with Crippen LogP contribution in [0.1, 0.15) is 40.9 Å². The zero-order valence-corrected chi connectivity index (χ0v) is 14.7. The maximum Gasteiger partial charge on any atom is 0.290 e. The topological polar surface area (TPSA) is 77.5 Å². The number of hydrogen-bond donors (Lipinski definition) is 0. The van der Waals surface area contributed by atoms with Crippen LogP contribution in [0, 0.1) is 11.3 Å². The number of benzene rings is 1. The Bertz CT molecular complexity index is 823. The van der Waals surface area contributed by atoms with Crippen molar-refractivity contribution in [2.45, 2.75) is 31.8 Å². The van der Waals surface area contributed by atoms with Crippen molar-refractivity contribution in [3.05, 3.63) is 59.5 Å². The Labute approximate surface area is 152 Å². The predicted molar refractivity (Wildman–Crippen MR) is 95.0 cm³/mol. The molecule has 1 saturated heterocycles. The van der Waals surface area contributed by atoms with Gasteiger partial charge in [-0.2, -0.15) is 5.26 Å². The maximum absolute atomic E-state index is 13.0. The van der Waals surface area contributed by atoms with Gasteiger partial charge in [-0.3, -0.25) is 9.59 Å². The normalized spacial score (nSPS) is 16.8. The second-order valence-electron chi connectivity index (χ2n) is 6.49. The van der Waals surface area contributed by atoms with E-state index in [0.717, 1.165) is 18.4 Å². The van der Waals surface area contributed by atoms with E-state index in [1.807, 2.05) is 6.07 Å². The van der Waals surface area contributed by atoms with Crippen LogP contribution < -0.4 is 0 Å². The van der Waals surface area contributed by atoms with Gasteiger partial charge in [0.2, 0.25) is 5.91 Å². The van der Waals surface area contributed by atoms with Gasteiger partial charge in [-0.05, 0) is 49.1 Å². The number of hydrogen-bond acceptors (Lipinski definition) is 4. The number of nitriles is 1. The number of piperidine rings is 1. The molecule has 1 aliphatic heterocycles. The predicted octanol–water partition coefficient (Wildman–Crippen LogP) is 2.80. The molecule has 0 aliphatic carbocycles.